The first kappa shape index (κ1) is 19.6. The molecule has 1 aromatic heterocycles. The van der Waals surface area contributed by atoms with Crippen molar-refractivity contribution in [2.45, 2.75) is 32.2 Å². The van der Waals surface area contributed by atoms with E-state index in [0.717, 1.165) is 38.1 Å². The minimum absolute atomic E-state index is 0.272. The third-order valence-electron chi connectivity index (χ3n) is 4.97. The van der Waals surface area contributed by atoms with Crippen molar-refractivity contribution >= 4 is 11.6 Å². The van der Waals surface area contributed by atoms with Gasteiger partial charge in [-0.3, -0.25) is 4.79 Å². The van der Waals surface area contributed by atoms with Crippen LogP contribution in [0.15, 0.2) is 42.5 Å². The molecule has 3 aromatic rings. The average molecular weight is 405 g/mol. The highest BCUT2D eigenvalue weighted by atomic mass is 19.1. The maximum absolute atomic E-state index is 14.5. The van der Waals surface area contributed by atoms with Crippen LogP contribution in [-0.2, 0) is 17.8 Å². The van der Waals surface area contributed by atoms with Crippen molar-refractivity contribution in [2.24, 2.45) is 0 Å². The van der Waals surface area contributed by atoms with Crippen molar-refractivity contribution in [3.63, 3.8) is 0 Å². The molecule has 1 amide bonds. The first-order valence-electron chi connectivity index (χ1n) is 9.79. The van der Waals surface area contributed by atoms with Crippen LogP contribution in [0.2, 0.25) is 0 Å². The van der Waals surface area contributed by atoms with Crippen LogP contribution in [0.1, 0.15) is 30.7 Å². The van der Waals surface area contributed by atoms with Gasteiger partial charge in [-0.05, 0) is 43.2 Å². The summed E-state index contributed by atoms with van der Waals surface area (Å²) in [5.41, 5.74) is 1.07. The molecule has 152 valence electrons. The van der Waals surface area contributed by atoms with E-state index in [9.17, 15) is 9.18 Å². The minimum atomic E-state index is -0.424. The summed E-state index contributed by atoms with van der Waals surface area (Å²) >= 11 is 0. The number of para-hydroxylation sites is 1. The number of fused-ring (bicyclic) bond motifs is 1. The van der Waals surface area contributed by atoms with Gasteiger partial charge in [-0.1, -0.05) is 18.6 Å². The van der Waals surface area contributed by atoms with Crippen molar-refractivity contribution < 1.29 is 13.9 Å². The Labute approximate surface area is 173 Å². The number of ether oxygens (including phenoxy) is 1. The average Bonchev–Trinajstić information content (AvgIpc) is 3.01. The normalized spacial score (nSPS) is 13.1. The number of carbonyl (C=O) groups excluding carboxylic acids is 1. The molecule has 0 aliphatic carbocycles. The fourth-order valence-corrected chi connectivity index (χ4v) is 3.48. The molecule has 30 heavy (non-hydrogen) atoms. The van der Waals surface area contributed by atoms with Gasteiger partial charge in [0, 0.05) is 18.7 Å². The number of carbonyl (C=O) groups is 1. The van der Waals surface area contributed by atoms with Crippen molar-refractivity contribution in [3.8, 4) is 23.2 Å². The van der Waals surface area contributed by atoms with Crippen molar-refractivity contribution in [2.75, 3.05) is 11.9 Å². The molecule has 1 aliphatic rings. The van der Waals surface area contributed by atoms with E-state index in [1.165, 1.54) is 12.1 Å². The molecule has 2 aromatic carbocycles. The number of rotatable bonds is 5. The molecule has 0 spiro atoms. The molecule has 8 heteroatoms. The van der Waals surface area contributed by atoms with Crippen LogP contribution in [0.5, 0.6) is 5.75 Å². The number of nitriles is 1. The van der Waals surface area contributed by atoms with Crippen LogP contribution in [-0.4, -0.2) is 27.3 Å². The first-order valence-corrected chi connectivity index (χ1v) is 9.79. The van der Waals surface area contributed by atoms with Crippen LogP contribution in [0, 0.1) is 17.1 Å². The van der Waals surface area contributed by atoms with Gasteiger partial charge in [-0.25, -0.2) is 4.39 Å². The fraction of sp³-hybridized carbons (Fsp3) is 0.273. The molecule has 1 aliphatic heterocycles. The van der Waals surface area contributed by atoms with E-state index < -0.39 is 11.7 Å². The van der Waals surface area contributed by atoms with Gasteiger partial charge in [-0.15, -0.1) is 10.2 Å². The molecule has 0 unspecified atom stereocenters. The number of amides is 1. The standard InChI is InChI=1S/C22H20FN5O2/c23-18-10-9-16(25-21(29)14-30-19-7-4-3-6-15(19)13-24)12-17(18)22-27-26-20-8-2-1-5-11-28(20)22/h3-4,6-7,9-10,12H,1-2,5,8,11,14H2,(H,25,29). The number of halogens is 1. The zero-order valence-corrected chi connectivity index (χ0v) is 16.3. The molecule has 7 nitrogen and oxygen atoms in total. The molecule has 2 heterocycles. The van der Waals surface area contributed by atoms with Gasteiger partial charge in [0.1, 0.15) is 23.5 Å². The summed E-state index contributed by atoms with van der Waals surface area (Å²) in [6.07, 6.45) is 3.98. The Hall–Kier alpha value is -3.73. The van der Waals surface area contributed by atoms with E-state index in [4.69, 9.17) is 10.00 Å². The maximum Gasteiger partial charge on any atom is 0.262 e. The topological polar surface area (TPSA) is 92.8 Å². The lowest BCUT2D eigenvalue weighted by atomic mass is 10.1. The van der Waals surface area contributed by atoms with Crippen LogP contribution in [0.4, 0.5) is 10.1 Å². The highest BCUT2D eigenvalue weighted by Crippen LogP contribution is 2.27. The van der Waals surface area contributed by atoms with Gasteiger partial charge in [0.15, 0.2) is 12.4 Å². The Morgan fingerprint density at radius 2 is 2.07 bits per heavy atom. The number of nitrogens with one attached hydrogen (secondary N) is 1. The fourth-order valence-electron chi connectivity index (χ4n) is 3.48. The Morgan fingerprint density at radius 3 is 2.93 bits per heavy atom. The second kappa shape index (κ2) is 8.74. The van der Waals surface area contributed by atoms with Crippen LogP contribution in [0.3, 0.4) is 0 Å². The molecule has 0 bridgehead atoms. The summed E-state index contributed by atoms with van der Waals surface area (Å²) in [5.74, 6) is 0.828. The predicted molar refractivity (Wildman–Crippen MR) is 108 cm³/mol. The lowest BCUT2D eigenvalue weighted by Gasteiger charge is -2.11. The second-order valence-corrected chi connectivity index (χ2v) is 7.04. The van der Waals surface area contributed by atoms with Crippen LogP contribution >= 0.6 is 0 Å². The number of aromatic nitrogens is 3. The summed E-state index contributed by atoms with van der Waals surface area (Å²) in [7, 11) is 0. The van der Waals surface area contributed by atoms with Gasteiger partial charge in [0.25, 0.3) is 5.91 Å². The molecule has 4 rings (SSSR count). The number of hydrogen-bond acceptors (Lipinski definition) is 5. The van der Waals surface area contributed by atoms with Gasteiger partial charge in [0.05, 0.1) is 11.1 Å². The Kier molecular flexibility index (Phi) is 5.70. The first-order chi connectivity index (χ1) is 14.7. The zero-order chi connectivity index (χ0) is 20.9. The number of aryl methyl sites for hydroxylation is 1. The smallest absolute Gasteiger partial charge is 0.262 e. The van der Waals surface area contributed by atoms with E-state index in [-0.39, 0.29) is 6.61 Å². The summed E-state index contributed by atoms with van der Waals surface area (Å²) < 4.78 is 21.9. The zero-order valence-electron chi connectivity index (χ0n) is 16.3. The third kappa shape index (κ3) is 4.15. The Morgan fingerprint density at radius 1 is 1.20 bits per heavy atom. The summed E-state index contributed by atoms with van der Waals surface area (Å²) in [4.78, 5) is 12.3. The molecular weight excluding hydrogens is 385 g/mol. The van der Waals surface area contributed by atoms with E-state index in [0.29, 0.717) is 28.4 Å². The summed E-state index contributed by atoms with van der Waals surface area (Å²) in [5, 5.41) is 20.2. The molecule has 0 saturated heterocycles. The molecule has 0 saturated carbocycles. The highest BCUT2D eigenvalue weighted by Gasteiger charge is 2.19. The van der Waals surface area contributed by atoms with Crippen LogP contribution in [0.25, 0.3) is 11.4 Å². The maximum atomic E-state index is 14.5. The number of nitrogens with zero attached hydrogens (tertiary/aromatic N) is 4. The quantitative estimate of drug-likeness (QED) is 0.699. The lowest BCUT2D eigenvalue weighted by molar-refractivity contribution is -0.118. The van der Waals surface area contributed by atoms with Crippen molar-refractivity contribution in [1.82, 2.24) is 14.8 Å². The van der Waals surface area contributed by atoms with Gasteiger partial charge >= 0.3 is 0 Å². The van der Waals surface area contributed by atoms with Crippen molar-refractivity contribution in [3.05, 3.63) is 59.7 Å². The molecule has 0 radical (unpaired) electrons. The second-order valence-electron chi connectivity index (χ2n) is 7.04. The molecule has 1 N–H and O–H groups in total. The summed E-state index contributed by atoms with van der Waals surface area (Å²) in [6, 6.07) is 13.0. The number of anilines is 1. The molecular formula is C22H20FN5O2. The lowest BCUT2D eigenvalue weighted by Crippen LogP contribution is -2.20. The van der Waals surface area contributed by atoms with E-state index in [1.54, 1.807) is 30.3 Å². The van der Waals surface area contributed by atoms with Gasteiger partial charge in [-0.2, -0.15) is 5.26 Å². The Balaban J connectivity index is 1.49. The van der Waals surface area contributed by atoms with E-state index in [2.05, 4.69) is 15.5 Å². The molecule has 0 atom stereocenters. The van der Waals surface area contributed by atoms with E-state index in [1.807, 2.05) is 10.6 Å². The number of hydrogen-bond donors (Lipinski definition) is 1. The SMILES string of the molecule is N#Cc1ccccc1OCC(=O)Nc1ccc(F)c(-c2nnc3n2CCCCC3)c1. The van der Waals surface area contributed by atoms with Crippen molar-refractivity contribution in [1.29, 1.82) is 5.26 Å². The van der Waals surface area contributed by atoms with Gasteiger partial charge in [0.2, 0.25) is 0 Å². The highest BCUT2D eigenvalue weighted by molar-refractivity contribution is 5.92. The summed E-state index contributed by atoms with van der Waals surface area (Å²) in [6.45, 7) is 0.478. The monoisotopic (exact) mass is 405 g/mol. The Bertz CT molecular complexity index is 1120. The van der Waals surface area contributed by atoms with E-state index >= 15 is 0 Å². The minimum Gasteiger partial charge on any atom is -0.482 e. The number of benzene rings is 2. The van der Waals surface area contributed by atoms with Crippen LogP contribution < -0.4 is 10.1 Å². The molecule has 0 fully saturated rings. The predicted octanol–water partition coefficient (Wildman–Crippen LogP) is 3.70. The largest absolute Gasteiger partial charge is 0.482 e. The van der Waals surface area contributed by atoms with Gasteiger partial charge < -0.3 is 14.6 Å². The third-order valence-corrected chi connectivity index (χ3v) is 4.97.